The summed E-state index contributed by atoms with van der Waals surface area (Å²) in [5, 5.41) is 13.5. The van der Waals surface area contributed by atoms with Crippen molar-refractivity contribution in [3.05, 3.63) is 76.1 Å². The van der Waals surface area contributed by atoms with Gasteiger partial charge in [-0.25, -0.2) is 9.46 Å². The largest absolute Gasteiger partial charge is 0.456 e. The molecule has 1 aliphatic carbocycles. The maximum Gasteiger partial charge on any atom is 0.407 e. The second-order valence-electron chi connectivity index (χ2n) is 14.6. The second kappa shape index (κ2) is 21.8. The monoisotopic (exact) mass is 785 g/mol. The van der Waals surface area contributed by atoms with Gasteiger partial charge in [0.25, 0.3) is 14.4 Å². The number of hydrogen-bond acceptors (Lipinski definition) is 9. The predicted molar refractivity (Wildman–Crippen MR) is 225 cm³/mol. The molecule has 2 aromatic rings. The Balaban J connectivity index is 1.31. The van der Waals surface area contributed by atoms with Crippen LogP contribution in [-0.4, -0.2) is 80.2 Å². The van der Waals surface area contributed by atoms with Crippen molar-refractivity contribution in [1.82, 2.24) is 14.9 Å². The topological polar surface area (TPSA) is 130 Å². The Kier molecular flexibility index (Phi) is 17.3. The van der Waals surface area contributed by atoms with Gasteiger partial charge < -0.3 is 28.4 Å². The lowest BCUT2D eigenvalue weighted by Gasteiger charge is -2.35. The van der Waals surface area contributed by atoms with Gasteiger partial charge in [0, 0.05) is 60.4 Å². The predicted octanol–water partition coefficient (Wildman–Crippen LogP) is 9.70. The molecule has 302 valence electrons. The molecular formula is C44H60N5O6P. The van der Waals surface area contributed by atoms with Crippen molar-refractivity contribution < 1.29 is 27.8 Å². The van der Waals surface area contributed by atoms with Crippen molar-refractivity contribution in [2.75, 3.05) is 46.5 Å². The van der Waals surface area contributed by atoms with E-state index >= 15 is 0 Å². The molecule has 1 atom stereocenters. The molecule has 1 unspecified atom stereocenters. The number of nitrogens with zero attached hydrogens (tertiary/aromatic N) is 4. The van der Waals surface area contributed by atoms with Gasteiger partial charge in [0.05, 0.1) is 37.6 Å². The highest BCUT2D eigenvalue weighted by Gasteiger charge is 2.27. The van der Waals surface area contributed by atoms with Gasteiger partial charge in [-0.1, -0.05) is 31.0 Å². The molecule has 2 aliphatic rings. The van der Waals surface area contributed by atoms with Gasteiger partial charge in [0.2, 0.25) is 0 Å². The molecule has 0 aromatic heterocycles. The van der Waals surface area contributed by atoms with Crippen LogP contribution >= 0.6 is 8.53 Å². The van der Waals surface area contributed by atoms with E-state index in [4.69, 9.17) is 23.5 Å². The Morgan fingerprint density at radius 1 is 0.893 bits per heavy atom. The number of benzene rings is 3. The zero-order valence-corrected chi connectivity index (χ0v) is 35.6. The summed E-state index contributed by atoms with van der Waals surface area (Å²) in [4.78, 5) is 32.8. The van der Waals surface area contributed by atoms with Crippen molar-refractivity contribution in [2.45, 2.75) is 99.6 Å². The molecule has 1 heterocycles. The molecule has 0 radical (unpaired) electrons. The lowest BCUT2D eigenvalue weighted by Crippen LogP contribution is -2.33. The van der Waals surface area contributed by atoms with Crippen LogP contribution in [0.25, 0.3) is 33.4 Å². The quantitative estimate of drug-likeness (QED) is 0.0533. The molecule has 0 saturated heterocycles. The summed E-state index contributed by atoms with van der Waals surface area (Å²) in [6.07, 6.45) is 3.40. The Labute approximate surface area is 334 Å². The number of fused-ring (bicyclic) bond motifs is 2. The number of carbonyl (C=O) groups excluding carboxylic acids is 2. The number of ether oxygens (including phenoxy) is 1. The first-order chi connectivity index (χ1) is 26.9. The van der Waals surface area contributed by atoms with Crippen LogP contribution in [0.15, 0.2) is 57.9 Å². The van der Waals surface area contributed by atoms with E-state index in [-0.39, 0.29) is 31.1 Å². The summed E-state index contributed by atoms with van der Waals surface area (Å²) < 4.78 is 26.3. The lowest BCUT2D eigenvalue weighted by molar-refractivity contribution is 0.0745. The molecule has 1 aliphatic heterocycles. The second-order valence-corrected chi connectivity index (χ2v) is 16.1. The van der Waals surface area contributed by atoms with Crippen molar-refractivity contribution in [3.8, 4) is 28.5 Å². The van der Waals surface area contributed by atoms with E-state index in [2.05, 4.69) is 80.8 Å². The van der Waals surface area contributed by atoms with E-state index in [0.29, 0.717) is 44.0 Å². The SMILES string of the molecule is CCN=c1cc2oc3cc(C)c(C)cc3c(-c3ccccc3C(=O)N(C)CCOC(=O)NCCCCCCOP(OCCC#N)N(C(C)C)C(C)C)c-2cc1C. The molecule has 12 heteroatoms. The Bertz CT molecular complexity index is 2000. The number of aryl methyl sites for hydroxylation is 3. The average Bonchev–Trinajstić information content (AvgIpc) is 3.15. The summed E-state index contributed by atoms with van der Waals surface area (Å²) >= 11 is 0. The van der Waals surface area contributed by atoms with Gasteiger partial charge in [0.1, 0.15) is 18.0 Å². The number of hydrogen-bond donors (Lipinski definition) is 1. The molecule has 0 fully saturated rings. The van der Waals surface area contributed by atoms with Crippen molar-refractivity contribution in [1.29, 1.82) is 5.26 Å². The summed E-state index contributed by atoms with van der Waals surface area (Å²) in [5.41, 5.74) is 7.24. The van der Waals surface area contributed by atoms with Crippen LogP contribution < -0.4 is 10.7 Å². The molecule has 1 N–H and O–H groups in total. The lowest BCUT2D eigenvalue weighted by atomic mass is 9.88. The van der Waals surface area contributed by atoms with E-state index in [1.54, 1.807) is 11.9 Å². The number of nitriles is 1. The van der Waals surface area contributed by atoms with Gasteiger partial charge in [-0.3, -0.25) is 9.79 Å². The van der Waals surface area contributed by atoms with Crippen LogP contribution in [0.4, 0.5) is 4.79 Å². The first-order valence-corrected chi connectivity index (χ1v) is 21.0. The Morgan fingerprint density at radius 3 is 2.30 bits per heavy atom. The fourth-order valence-electron chi connectivity index (χ4n) is 6.67. The molecule has 2 aromatic carbocycles. The third-order valence-corrected chi connectivity index (χ3v) is 11.7. The molecule has 2 amide bonds. The number of likely N-dealkylation sites (N-methyl/N-ethyl adjacent to an activating group) is 1. The number of carbonyl (C=O) groups is 2. The van der Waals surface area contributed by atoms with E-state index in [1.165, 1.54) is 0 Å². The van der Waals surface area contributed by atoms with E-state index in [0.717, 1.165) is 75.4 Å². The third kappa shape index (κ3) is 11.8. The summed E-state index contributed by atoms with van der Waals surface area (Å²) in [7, 11) is 0.491. The van der Waals surface area contributed by atoms with Crippen molar-refractivity contribution in [2.24, 2.45) is 4.99 Å². The highest BCUT2D eigenvalue weighted by atomic mass is 31.2. The number of unbranched alkanes of at least 4 members (excludes halogenated alkanes) is 3. The standard InChI is InChI=1S/C44H60N5O6P/c1-10-46-39-29-41-38(27-34(39)8)42(37-26-32(6)33(7)28-40(37)55-41)35-18-13-14-19-36(35)43(50)48(9)22-25-52-44(51)47-21-15-11-12-16-23-53-56(54-24-17-20-45)49(30(2)3)31(4)5/h13-14,18-19,26-31H,10-12,15-17,21-25H2,1-9H3,(H,47,51). The van der Waals surface area contributed by atoms with Crippen LogP contribution in [0.3, 0.4) is 0 Å². The van der Waals surface area contributed by atoms with Crippen molar-refractivity contribution >= 4 is 31.5 Å². The van der Waals surface area contributed by atoms with Gasteiger partial charge in [-0.15, -0.1) is 0 Å². The molecular weight excluding hydrogens is 725 g/mol. The zero-order valence-electron chi connectivity index (χ0n) is 34.7. The minimum Gasteiger partial charge on any atom is -0.456 e. The smallest absolute Gasteiger partial charge is 0.407 e. The van der Waals surface area contributed by atoms with Gasteiger partial charge >= 0.3 is 6.09 Å². The van der Waals surface area contributed by atoms with Crippen LogP contribution in [0.5, 0.6) is 0 Å². The van der Waals surface area contributed by atoms with E-state index in [9.17, 15) is 9.59 Å². The number of amides is 2. The average molecular weight is 786 g/mol. The summed E-state index contributed by atoms with van der Waals surface area (Å²) in [6, 6.07) is 18.6. The maximum atomic E-state index is 14.0. The minimum atomic E-state index is -1.23. The fourth-order valence-corrected chi connectivity index (χ4v) is 8.30. The van der Waals surface area contributed by atoms with Crippen LogP contribution in [0.1, 0.15) is 93.8 Å². The highest BCUT2D eigenvalue weighted by molar-refractivity contribution is 7.44. The van der Waals surface area contributed by atoms with Crippen LogP contribution in [0.2, 0.25) is 0 Å². The first-order valence-electron chi connectivity index (χ1n) is 19.8. The Morgan fingerprint density at radius 2 is 1.59 bits per heavy atom. The van der Waals surface area contributed by atoms with Crippen LogP contribution in [-0.2, 0) is 13.8 Å². The number of rotatable bonds is 20. The zero-order chi connectivity index (χ0) is 40.8. The number of nitrogens with one attached hydrogen (secondary N) is 1. The van der Waals surface area contributed by atoms with Gasteiger partial charge in [-0.05, 0) is 115 Å². The van der Waals surface area contributed by atoms with Gasteiger partial charge in [-0.2, -0.15) is 5.26 Å². The Hall–Kier alpha value is -4.33. The van der Waals surface area contributed by atoms with E-state index in [1.807, 2.05) is 44.2 Å². The van der Waals surface area contributed by atoms with E-state index < -0.39 is 14.6 Å². The molecule has 56 heavy (non-hydrogen) atoms. The maximum absolute atomic E-state index is 14.0. The normalized spacial score (nSPS) is 12.5. The van der Waals surface area contributed by atoms with Gasteiger partial charge in [0.15, 0.2) is 0 Å². The fraction of sp³-hybridized carbons (Fsp3) is 0.500. The minimum absolute atomic E-state index is 0.0637. The number of alkyl carbamates (subject to hydrolysis) is 1. The molecule has 4 rings (SSSR count). The third-order valence-electron chi connectivity index (χ3n) is 9.62. The molecule has 0 bridgehead atoms. The highest BCUT2D eigenvalue weighted by Crippen LogP contribution is 2.46. The molecule has 0 saturated carbocycles. The van der Waals surface area contributed by atoms with Crippen molar-refractivity contribution in [3.63, 3.8) is 0 Å². The summed E-state index contributed by atoms with van der Waals surface area (Å²) in [6.45, 7) is 19.1. The summed E-state index contributed by atoms with van der Waals surface area (Å²) in [5.74, 6) is 0.539. The molecule has 11 nitrogen and oxygen atoms in total. The first kappa shape index (κ1) is 44.4. The van der Waals surface area contributed by atoms with Crippen LogP contribution in [0, 0.1) is 32.1 Å². The molecule has 0 spiro atoms.